The van der Waals surface area contributed by atoms with Gasteiger partial charge in [-0.3, -0.25) is 4.79 Å². The molecule has 0 bridgehead atoms. The molecule has 5 heteroatoms. The zero-order chi connectivity index (χ0) is 17.9. The highest BCUT2D eigenvalue weighted by Gasteiger charge is 2.25. The molecular formula is C19H22FNO3. The van der Waals surface area contributed by atoms with Crippen molar-refractivity contribution in [1.82, 2.24) is 0 Å². The highest BCUT2D eigenvalue weighted by atomic mass is 19.1. The zero-order valence-corrected chi connectivity index (χ0v) is 14.3. The van der Waals surface area contributed by atoms with Gasteiger partial charge in [-0.15, -0.1) is 0 Å². The third kappa shape index (κ3) is 4.25. The topological polar surface area (TPSA) is 49.8 Å². The highest BCUT2D eigenvalue weighted by molar-refractivity contribution is 6.06. The maximum absolute atomic E-state index is 14.3. The van der Waals surface area contributed by atoms with Crippen molar-refractivity contribution in [2.75, 3.05) is 18.6 Å². The van der Waals surface area contributed by atoms with Crippen LogP contribution >= 0.6 is 0 Å². The minimum atomic E-state index is -0.628. The Labute approximate surface area is 141 Å². The van der Waals surface area contributed by atoms with E-state index in [1.54, 1.807) is 18.2 Å². The Morgan fingerprint density at radius 3 is 2.29 bits per heavy atom. The summed E-state index contributed by atoms with van der Waals surface area (Å²) >= 11 is 0. The molecule has 2 rings (SSSR count). The van der Waals surface area contributed by atoms with Gasteiger partial charge >= 0.3 is 0 Å². The summed E-state index contributed by atoms with van der Waals surface area (Å²) in [6.07, 6.45) is 0. The first-order valence-electron chi connectivity index (χ1n) is 7.66. The number of hydrogen-bond donors (Lipinski definition) is 1. The monoisotopic (exact) mass is 331 g/mol. The number of carbonyl (C=O) groups is 1. The van der Waals surface area contributed by atoms with Crippen LogP contribution in [0.4, 0.5) is 10.1 Å². The number of methoxy groups -OCH3 is 1. The van der Waals surface area contributed by atoms with E-state index in [1.807, 2.05) is 20.8 Å². The number of anilines is 1. The number of aromatic hydroxyl groups is 1. The standard InChI is InChI=1S/C19H22FNO3/c1-19(2,3)12-21(13-5-7-14(22)8-6-13)18(23)16-10-9-15(24-4)11-17(16)20/h5-11,22H,12H2,1-4H3. The van der Waals surface area contributed by atoms with Crippen LogP contribution in [0.1, 0.15) is 31.1 Å². The predicted molar refractivity (Wildman–Crippen MR) is 92.2 cm³/mol. The Bertz CT molecular complexity index is 720. The molecule has 4 nitrogen and oxygen atoms in total. The van der Waals surface area contributed by atoms with Crippen LogP contribution in [0.5, 0.6) is 11.5 Å². The van der Waals surface area contributed by atoms with Crippen LogP contribution < -0.4 is 9.64 Å². The van der Waals surface area contributed by atoms with Crippen molar-refractivity contribution >= 4 is 11.6 Å². The van der Waals surface area contributed by atoms with Gasteiger partial charge in [-0.05, 0) is 41.8 Å². The lowest BCUT2D eigenvalue weighted by Crippen LogP contribution is -2.38. The summed E-state index contributed by atoms with van der Waals surface area (Å²) in [7, 11) is 1.44. The van der Waals surface area contributed by atoms with Gasteiger partial charge < -0.3 is 14.7 Å². The maximum Gasteiger partial charge on any atom is 0.261 e. The number of ether oxygens (including phenoxy) is 1. The Morgan fingerprint density at radius 1 is 1.17 bits per heavy atom. The van der Waals surface area contributed by atoms with Crippen LogP contribution in [-0.4, -0.2) is 24.7 Å². The van der Waals surface area contributed by atoms with E-state index in [2.05, 4.69) is 0 Å². The maximum atomic E-state index is 14.3. The molecule has 0 radical (unpaired) electrons. The molecule has 0 aromatic heterocycles. The average molecular weight is 331 g/mol. The molecule has 0 fully saturated rings. The van der Waals surface area contributed by atoms with Crippen molar-refractivity contribution in [3.8, 4) is 11.5 Å². The largest absolute Gasteiger partial charge is 0.508 e. The Morgan fingerprint density at radius 2 is 1.79 bits per heavy atom. The molecule has 0 aliphatic rings. The fraction of sp³-hybridized carbons (Fsp3) is 0.316. The number of carbonyl (C=O) groups excluding carboxylic acids is 1. The summed E-state index contributed by atoms with van der Waals surface area (Å²) in [5.41, 5.74) is 0.396. The molecule has 0 saturated carbocycles. The fourth-order valence-corrected chi connectivity index (χ4v) is 2.33. The molecule has 0 spiro atoms. The van der Waals surface area contributed by atoms with E-state index in [4.69, 9.17) is 4.74 Å². The number of benzene rings is 2. The van der Waals surface area contributed by atoms with Crippen LogP contribution in [0.3, 0.4) is 0 Å². The van der Waals surface area contributed by atoms with Crippen LogP contribution in [0.25, 0.3) is 0 Å². The first kappa shape index (κ1) is 17.8. The van der Waals surface area contributed by atoms with Gasteiger partial charge in [0.05, 0.1) is 12.7 Å². The van der Waals surface area contributed by atoms with Crippen LogP contribution in [0, 0.1) is 11.2 Å². The molecule has 0 unspecified atom stereocenters. The Balaban J connectivity index is 2.42. The number of hydrogen-bond acceptors (Lipinski definition) is 3. The number of halogens is 1. The van der Waals surface area contributed by atoms with Gasteiger partial charge in [0.1, 0.15) is 17.3 Å². The van der Waals surface area contributed by atoms with Gasteiger partial charge in [0.15, 0.2) is 0 Å². The molecule has 1 amide bonds. The SMILES string of the molecule is COc1ccc(C(=O)N(CC(C)(C)C)c2ccc(O)cc2)c(F)c1. The molecular weight excluding hydrogens is 309 g/mol. The Kier molecular flexibility index (Phi) is 5.12. The van der Waals surface area contributed by atoms with Gasteiger partial charge in [0.2, 0.25) is 0 Å². The van der Waals surface area contributed by atoms with Crippen molar-refractivity contribution in [1.29, 1.82) is 0 Å². The molecule has 2 aromatic carbocycles. The number of phenols is 1. The minimum Gasteiger partial charge on any atom is -0.508 e. The van der Waals surface area contributed by atoms with Crippen molar-refractivity contribution in [3.05, 3.63) is 53.8 Å². The predicted octanol–water partition coefficient (Wildman–Crippen LogP) is 4.23. The lowest BCUT2D eigenvalue weighted by molar-refractivity contribution is 0.0973. The average Bonchev–Trinajstić information content (AvgIpc) is 2.52. The van der Waals surface area contributed by atoms with Gasteiger partial charge in [0.25, 0.3) is 5.91 Å². The lowest BCUT2D eigenvalue weighted by atomic mass is 9.95. The Hall–Kier alpha value is -2.56. The van der Waals surface area contributed by atoms with E-state index >= 15 is 0 Å². The molecule has 0 heterocycles. The molecule has 0 aliphatic heterocycles. The first-order chi connectivity index (χ1) is 11.2. The van der Waals surface area contributed by atoms with E-state index < -0.39 is 11.7 Å². The van der Waals surface area contributed by atoms with E-state index in [-0.39, 0.29) is 16.7 Å². The number of nitrogens with zero attached hydrogens (tertiary/aromatic N) is 1. The number of amides is 1. The third-order valence-corrected chi connectivity index (χ3v) is 3.45. The van der Waals surface area contributed by atoms with Gasteiger partial charge in [-0.2, -0.15) is 0 Å². The molecule has 128 valence electrons. The van der Waals surface area contributed by atoms with Crippen LogP contribution in [-0.2, 0) is 0 Å². The van der Waals surface area contributed by atoms with Gasteiger partial charge in [0, 0.05) is 18.3 Å². The second-order valence-electron chi connectivity index (χ2n) is 6.81. The van der Waals surface area contributed by atoms with Crippen molar-refractivity contribution < 1.29 is 19.0 Å². The summed E-state index contributed by atoms with van der Waals surface area (Å²) in [5, 5.41) is 9.45. The molecule has 0 aliphatic carbocycles. The first-order valence-corrected chi connectivity index (χ1v) is 7.66. The summed E-state index contributed by atoms with van der Waals surface area (Å²) in [5.74, 6) is -0.596. The normalized spacial score (nSPS) is 11.2. The van der Waals surface area contributed by atoms with Crippen molar-refractivity contribution in [2.24, 2.45) is 5.41 Å². The molecule has 0 atom stereocenters. The van der Waals surface area contributed by atoms with Gasteiger partial charge in [-0.25, -0.2) is 4.39 Å². The van der Waals surface area contributed by atoms with Crippen LogP contribution in [0.15, 0.2) is 42.5 Å². The van der Waals surface area contributed by atoms with E-state index in [9.17, 15) is 14.3 Å². The second-order valence-corrected chi connectivity index (χ2v) is 6.81. The van der Waals surface area contributed by atoms with Crippen LogP contribution in [0.2, 0.25) is 0 Å². The molecule has 0 saturated heterocycles. The zero-order valence-electron chi connectivity index (χ0n) is 14.3. The summed E-state index contributed by atoms with van der Waals surface area (Å²) in [6.45, 7) is 6.40. The van der Waals surface area contributed by atoms with Crippen molar-refractivity contribution in [3.63, 3.8) is 0 Å². The summed E-state index contributed by atoms with van der Waals surface area (Å²) < 4.78 is 19.3. The van der Waals surface area contributed by atoms with E-state index in [0.29, 0.717) is 18.0 Å². The third-order valence-electron chi connectivity index (χ3n) is 3.45. The fourth-order valence-electron chi connectivity index (χ4n) is 2.33. The summed E-state index contributed by atoms with van der Waals surface area (Å²) in [6, 6.07) is 10.5. The molecule has 1 N–H and O–H groups in total. The quantitative estimate of drug-likeness (QED) is 0.912. The van der Waals surface area contributed by atoms with E-state index in [1.165, 1.54) is 36.3 Å². The molecule has 24 heavy (non-hydrogen) atoms. The van der Waals surface area contributed by atoms with Crippen molar-refractivity contribution in [2.45, 2.75) is 20.8 Å². The smallest absolute Gasteiger partial charge is 0.261 e. The highest BCUT2D eigenvalue weighted by Crippen LogP contribution is 2.27. The minimum absolute atomic E-state index is 0.0203. The summed E-state index contributed by atoms with van der Waals surface area (Å²) in [4.78, 5) is 14.4. The number of phenolic OH excluding ortho intramolecular Hbond substituents is 1. The van der Waals surface area contributed by atoms with E-state index in [0.717, 1.165) is 0 Å². The number of rotatable bonds is 4. The molecule has 2 aromatic rings. The van der Waals surface area contributed by atoms with Gasteiger partial charge in [-0.1, -0.05) is 20.8 Å². The lowest BCUT2D eigenvalue weighted by Gasteiger charge is -2.30. The second kappa shape index (κ2) is 6.91.